The lowest BCUT2D eigenvalue weighted by molar-refractivity contribution is -0.136. The topological polar surface area (TPSA) is 50.7 Å². The number of aromatic nitrogens is 3. The Morgan fingerprint density at radius 3 is 2.48 bits per heavy atom. The number of H-pyrrole nitrogens is 1. The van der Waals surface area contributed by atoms with Gasteiger partial charge < -0.3 is 4.57 Å². The number of aryl methyl sites for hydroxylation is 1. The van der Waals surface area contributed by atoms with Crippen molar-refractivity contribution in [3.63, 3.8) is 0 Å². The van der Waals surface area contributed by atoms with Crippen molar-refractivity contribution >= 4 is 34.9 Å². The quantitative estimate of drug-likeness (QED) is 0.644. The van der Waals surface area contributed by atoms with E-state index in [9.17, 15) is 18.0 Å². The maximum Gasteiger partial charge on any atom is 0.417 e. The number of nitrogens with zero attached hydrogens (tertiary/aromatic N) is 2. The van der Waals surface area contributed by atoms with E-state index in [-0.39, 0.29) is 22.7 Å². The summed E-state index contributed by atoms with van der Waals surface area (Å²) >= 11 is 10.9. The first-order valence-corrected chi connectivity index (χ1v) is 8.02. The average Bonchev–Trinajstić information content (AvgIpc) is 2.54. The zero-order valence-electron chi connectivity index (χ0n) is 12.8. The zero-order chi connectivity index (χ0) is 18.4. The molecule has 0 aliphatic rings. The van der Waals surface area contributed by atoms with Crippen molar-refractivity contribution in [2.45, 2.75) is 19.6 Å². The van der Waals surface area contributed by atoms with Crippen molar-refractivity contribution in [3.05, 3.63) is 56.0 Å². The number of hydrogen-bond acceptors (Lipinski definition) is 3. The van der Waals surface area contributed by atoms with Crippen LogP contribution in [0, 0.1) is 4.77 Å². The summed E-state index contributed by atoms with van der Waals surface area (Å²) in [5.74, 6) is 0. The van der Waals surface area contributed by atoms with Crippen molar-refractivity contribution in [2.75, 3.05) is 0 Å². The molecule has 130 valence electrons. The Bertz CT molecular complexity index is 1070. The number of benzene rings is 1. The van der Waals surface area contributed by atoms with E-state index in [4.69, 9.17) is 23.8 Å². The van der Waals surface area contributed by atoms with Gasteiger partial charge in [-0.2, -0.15) is 13.2 Å². The maximum atomic E-state index is 13.6. The molecule has 0 bridgehead atoms. The number of pyridine rings is 1. The van der Waals surface area contributed by atoms with Crippen molar-refractivity contribution in [1.82, 2.24) is 14.5 Å². The normalized spacial score (nSPS) is 11.9. The summed E-state index contributed by atoms with van der Waals surface area (Å²) in [5, 5.41) is -0.0749. The number of aromatic amines is 1. The van der Waals surface area contributed by atoms with Gasteiger partial charge >= 0.3 is 6.18 Å². The second kappa shape index (κ2) is 6.27. The van der Waals surface area contributed by atoms with Crippen molar-refractivity contribution in [1.29, 1.82) is 0 Å². The molecule has 0 saturated heterocycles. The molecule has 1 aromatic carbocycles. The lowest BCUT2D eigenvalue weighted by atomic mass is 10.1. The Morgan fingerprint density at radius 1 is 1.28 bits per heavy atom. The number of halogens is 4. The molecular formula is C16H11ClF3N3OS. The number of nitrogens with one attached hydrogen (secondary N) is 1. The summed E-state index contributed by atoms with van der Waals surface area (Å²) in [7, 11) is 0. The third-order valence-corrected chi connectivity index (χ3v) is 4.28. The summed E-state index contributed by atoms with van der Waals surface area (Å²) in [5.41, 5.74) is -1.53. The molecule has 3 rings (SSSR count). The van der Waals surface area contributed by atoms with Crippen LogP contribution in [0.3, 0.4) is 0 Å². The molecule has 0 radical (unpaired) electrons. The van der Waals surface area contributed by atoms with Crippen LogP contribution in [0.15, 0.2) is 35.1 Å². The minimum Gasteiger partial charge on any atom is -0.303 e. The van der Waals surface area contributed by atoms with Gasteiger partial charge in [-0.3, -0.25) is 9.78 Å². The van der Waals surface area contributed by atoms with Gasteiger partial charge in [-0.1, -0.05) is 23.7 Å². The smallest absolute Gasteiger partial charge is 0.303 e. The predicted octanol–water partition coefficient (Wildman–Crippen LogP) is 4.81. The molecule has 3 aromatic rings. The van der Waals surface area contributed by atoms with Crippen LogP contribution in [0.4, 0.5) is 13.2 Å². The van der Waals surface area contributed by atoms with Crippen LogP contribution < -0.4 is 5.56 Å². The molecule has 9 heteroatoms. The van der Waals surface area contributed by atoms with Crippen molar-refractivity contribution < 1.29 is 13.2 Å². The molecule has 4 nitrogen and oxygen atoms in total. The molecule has 2 heterocycles. The molecule has 0 unspecified atom stereocenters. The Hall–Kier alpha value is -2.19. The minimum absolute atomic E-state index is 0.0221. The molecule has 0 saturated carbocycles. The van der Waals surface area contributed by atoms with Crippen LogP contribution in [0.5, 0.6) is 0 Å². The third kappa shape index (κ3) is 3.19. The number of rotatable bonds is 2. The van der Waals surface area contributed by atoms with Crippen LogP contribution in [0.25, 0.3) is 22.3 Å². The highest BCUT2D eigenvalue weighted by Gasteiger charge is 2.35. The van der Waals surface area contributed by atoms with E-state index in [1.165, 1.54) is 4.57 Å². The Balaban J connectivity index is 2.48. The van der Waals surface area contributed by atoms with Gasteiger partial charge in [-0.05, 0) is 37.3 Å². The van der Waals surface area contributed by atoms with Crippen molar-refractivity contribution in [2.24, 2.45) is 0 Å². The summed E-state index contributed by atoms with van der Waals surface area (Å²) < 4.78 is 42.1. The van der Waals surface area contributed by atoms with Gasteiger partial charge in [0, 0.05) is 17.1 Å². The lowest BCUT2D eigenvalue weighted by Gasteiger charge is -2.15. The zero-order valence-corrected chi connectivity index (χ0v) is 14.4. The fourth-order valence-electron chi connectivity index (χ4n) is 2.56. The van der Waals surface area contributed by atoms with Gasteiger partial charge in [0.25, 0.3) is 5.56 Å². The van der Waals surface area contributed by atoms with E-state index in [1.807, 2.05) is 0 Å². The second-order valence-electron chi connectivity index (χ2n) is 5.26. The number of fused-ring (bicyclic) bond motifs is 1. The van der Waals surface area contributed by atoms with Crippen LogP contribution in [0.1, 0.15) is 12.5 Å². The third-order valence-electron chi connectivity index (χ3n) is 3.71. The standard InChI is InChI=1S/C16H11ClF3N3OS/c1-2-23-13-12(14(24)22-15(23)25)10(16(18,19)20)7-11(21-13)8-3-5-9(17)6-4-8/h3-7H,2H2,1H3,(H,22,24,25). The first-order chi connectivity index (χ1) is 11.7. The van der Waals surface area contributed by atoms with Crippen LogP contribution in [-0.4, -0.2) is 14.5 Å². The van der Waals surface area contributed by atoms with Gasteiger partial charge in [0.15, 0.2) is 4.77 Å². The average molecular weight is 386 g/mol. The van der Waals surface area contributed by atoms with E-state index in [1.54, 1.807) is 31.2 Å². The summed E-state index contributed by atoms with van der Waals surface area (Å²) in [6.45, 7) is 1.97. The highest BCUT2D eigenvalue weighted by molar-refractivity contribution is 7.71. The second-order valence-corrected chi connectivity index (χ2v) is 6.08. The fraction of sp³-hybridized carbons (Fsp3) is 0.188. The summed E-state index contributed by atoms with van der Waals surface area (Å²) in [6.07, 6.45) is -4.72. The highest BCUT2D eigenvalue weighted by atomic mass is 35.5. The number of alkyl halides is 3. The van der Waals surface area contributed by atoms with Gasteiger partial charge in [-0.25, -0.2) is 4.98 Å². The van der Waals surface area contributed by atoms with E-state index in [0.29, 0.717) is 10.6 Å². The molecule has 2 aromatic heterocycles. The van der Waals surface area contributed by atoms with Crippen LogP contribution >= 0.6 is 23.8 Å². The minimum atomic E-state index is -4.72. The van der Waals surface area contributed by atoms with Gasteiger partial charge in [0.05, 0.1) is 16.6 Å². The first kappa shape index (κ1) is 17.6. The van der Waals surface area contributed by atoms with E-state index < -0.39 is 22.7 Å². The molecule has 0 fully saturated rings. The fourth-order valence-corrected chi connectivity index (χ4v) is 2.99. The molecule has 25 heavy (non-hydrogen) atoms. The molecular weight excluding hydrogens is 375 g/mol. The molecule has 1 N–H and O–H groups in total. The van der Waals surface area contributed by atoms with Gasteiger partial charge in [-0.15, -0.1) is 0 Å². The summed E-state index contributed by atoms with van der Waals surface area (Å²) in [6, 6.07) is 7.10. The molecule has 0 spiro atoms. The summed E-state index contributed by atoms with van der Waals surface area (Å²) in [4.78, 5) is 18.7. The van der Waals surface area contributed by atoms with E-state index in [2.05, 4.69) is 9.97 Å². The maximum absolute atomic E-state index is 13.6. The highest BCUT2D eigenvalue weighted by Crippen LogP contribution is 2.35. The number of hydrogen-bond donors (Lipinski definition) is 1. The largest absolute Gasteiger partial charge is 0.417 e. The van der Waals surface area contributed by atoms with Crippen molar-refractivity contribution in [3.8, 4) is 11.3 Å². The van der Waals surface area contributed by atoms with E-state index >= 15 is 0 Å². The molecule has 0 atom stereocenters. The Kier molecular flexibility index (Phi) is 4.42. The van der Waals surface area contributed by atoms with E-state index in [0.717, 1.165) is 6.07 Å². The Morgan fingerprint density at radius 2 is 1.92 bits per heavy atom. The van der Waals surface area contributed by atoms with Crippen LogP contribution in [-0.2, 0) is 12.7 Å². The molecule has 0 aliphatic carbocycles. The molecule has 0 amide bonds. The van der Waals surface area contributed by atoms with Gasteiger partial charge in [0.1, 0.15) is 5.65 Å². The monoisotopic (exact) mass is 385 g/mol. The first-order valence-electron chi connectivity index (χ1n) is 7.23. The van der Waals surface area contributed by atoms with Gasteiger partial charge in [0.2, 0.25) is 0 Å². The Labute approximate surface area is 149 Å². The lowest BCUT2D eigenvalue weighted by Crippen LogP contribution is -2.20. The predicted molar refractivity (Wildman–Crippen MR) is 92.3 cm³/mol. The SMILES string of the molecule is CCn1c(=S)[nH]c(=O)c2c(C(F)(F)F)cc(-c3ccc(Cl)cc3)nc21. The molecule has 0 aliphatic heterocycles. The van der Waals surface area contributed by atoms with Crippen LogP contribution in [0.2, 0.25) is 5.02 Å².